The Balaban J connectivity index is 1.34. The van der Waals surface area contributed by atoms with Crippen LogP contribution in [0.25, 0.3) is 0 Å². The maximum atomic E-state index is 12.9. The van der Waals surface area contributed by atoms with Crippen molar-refractivity contribution in [1.29, 1.82) is 0 Å². The predicted octanol–water partition coefficient (Wildman–Crippen LogP) is 4.40. The summed E-state index contributed by atoms with van der Waals surface area (Å²) < 4.78 is 0. The lowest BCUT2D eigenvalue weighted by molar-refractivity contribution is -0.142. The van der Waals surface area contributed by atoms with Crippen LogP contribution >= 0.6 is 11.6 Å². The van der Waals surface area contributed by atoms with Gasteiger partial charge >= 0.3 is 0 Å². The molecule has 3 fully saturated rings. The van der Waals surface area contributed by atoms with E-state index in [1.807, 2.05) is 11.0 Å². The van der Waals surface area contributed by atoms with Gasteiger partial charge in [-0.15, -0.1) is 0 Å². The molecule has 2 amide bonds. The quantitative estimate of drug-likeness (QED) is 0.796. The van der Waals surface area contributed by atoms with Gasteiger partial charge in [0.15, 0.2) is 0 Å². The molecule has 1 aliphatic carbocycles. The summed E-state index contributed by atoms with van der Waals surface area (Å²) in [4.78, 5) is 26.4. The zero-order valence-corrected chi connectivity index (χ0v) is 17.9. The molecule has 0 bridgehead atoms. The molecule has 28 heavy (non-hydrogen) atoms. The summed E-state index contributed by atoms with van der Waals surface area (Å²) >= 11 is 6.42. The molecule has 2 saturated heterocycles. The van der Waals surface area contributed by atoms with Crippen LogP contribution in [0.5, 0.6) is 0 Å². The number of carbonyl (C=O) groups is 2. The summed E-state index contributed by atoms with van der Waals surface area (Å²) in [6.45, 7) is 8.23. The molecule has 4 nitrogen and oxygen atoms in total. The second kappa shape index (κ2) is 7.05. The molecular formula is C23H31ClN2O2. The Morgan fingerprint density at radius 1 is 1.21 bits per heavy atom. The Bertz CT molecular complexity index is 784. The molecule has 0 radical (unpaired) electrons. The van der Waals surface area contributed by atoms with Crippen LogP contribution in [0.3, 0.4) is 0 Å². The van der Waals surface area contributed by atoms with Crippen molar-refractivity contribution in [3.8, 4) is 0 Å². The van der Waals surface area contributed by atoms with E-state index in [2.05, 4.69) is 38.2 Å². The lowest BCUT2D eigenvalue weighted by atomic mass is 9.67. The molecular weight excluding hydrogens is 372 g/mol. The van der Waals surface area contributed by atoms with Crippen LogP contribution in [-0.2, 0) is 15.0 Å². The molecule has 1 N–H and O–H groups in total. The average Bonchev–Trinajstić information content (AvgIpc) is 3.02. The van der Waals surface area contributed by atoms with E-state index in [0.717, 1.165) is 50.2 Å². The molecule has 0 aromatic heterocycles. The van der Waals surface area contributed by atoms with Crippen molar-refractivity contribution in [2.45, 2.75) is 76.2 Å². The first-order chi connectivity index (χ1) is 13.2. The number of hydrogen-bond acceptors (Lipinski definition) is 2. The zero-order chi connectivity index (χ0) is 20.1. The summed E-state index contributed by atoms with van der Waals surface area (Å²) in [6.07, 6.45) is 5.17. The van der Waals surface area contributed by atoms with Gasteiger partial charge in [0.1, 0.15) is 0 Å². The molecule has 5 heteroatoms. The minimum Gasteiger partial charge on any atom is -0.351 e. The normalized spacial score (nSPS) is 28.4. The van der Waals surface area contributed by atoms with E-state index in [9.17, 15) is 9.59 Å². The topological polar surface area (TPSA) is 49.4 Å². The number of likely N-dealkylation sites (tertiary alicyclic amines) is 1. The molecule has 3 aliphatic rings. The summed E-state index contributed by atoms with van der Waals surface area (Å²) in [7, 11) is 0. The van der Waals surface area contributed by atoms with Gasteiger partial charge in [-0.1, -0.05) is 44.5 Å². The third-order valence-corrected chi connectivity index (χ3v) is 7.26. The van der Waals surface area contributed by atoms with Gasteiger partial charge in [0, 0.05) is 36.0 Å². The highest BCUT2D eigenvalue weighted by Gasteiger charge is 2.51. The molecule has 1 saturated carbocycles. The maximum Gasteiger partial charge on any atom is 0.225 e. The van der Waals surface area contributed by atoms with E-state index >= 15 is 0 Å². The monoisotopic (exact) mass is 402 g/mol. The minimum absolute atomic E-state index is 0.0274. The number of amides is 2. The standard InChI is InChI=1S/C23H31ClN2O2/c1-22(2,3)18-12-16(4-5-19(18)24)15-7-10-26(11-8-15)21(28)17-13-23(14-17)9-6-20(27)25-23/h4-5,12,15,17H,6-11,13-14H2,1-3H3,(H,25,27)/t17-,23+. The van der Waals surface area contributed by atoms with E-state index < -0.39 is 0 Å². The lowest BCUT2D eigenvalue weighted by Crippen LogP contribution is -2.57. The van der Waals surface area contributed by atoms with Crippen LogP contribution in [0.15, 0.2) is 18.2 Å². The predicted molar refractivity (Wildman–Crippen MR) is 112 cm³/mol. The van der Waals surface area contributed by atoms with Crippen molar-refractivity contribution in [1.82, 2.24) is 10.2 Å². The fourth-order valence-electron chi connectivity index (χ4n) is 5.20. The van der Waals surface area contributed by atoms with Gasteiger partial charge < -0.3 is 10.2 Å². The van der Waals surface area contributed by atoms with E-state index in [4.69, 9.17) is 11.6 Å². The summed E-state index contributed by atoms with van der Waals surface area (Å²) in [5, 5.41) is 3.92. The first kappa shape index (κ1) is 19.8. The van der Waals surface area contributed by atoms with Crippen molar-refractivity contribution >= 4 is 23.4 Å². The Morgan fingerprint density at radius 2 is 1.89 bits per heavy atom. The average molecular weight is 403 g/mol. The number of halogens is 1. The van der Waals surface area contributed by atoms with Crippen molar-refractivity contribution in [2.24, 2.45) is 5.92 Å². The van der Waals surface area contributed by atoms with Crippen molar-refractivity contribution < 1.29 is 9.59 Å². The van der Waals surface area contributed by atoms with Crippen molar-refractivity contribution in [3.63, 3.8) is 0 Å². The number of benzene rings is 1. The first-order valence-electron chi connectivity index (χ1n) is 10.6. The third-order valence-electron chi connectivity index (χ3n) is 6.94. The smallest absolute Gasteiger partial charge is 0.225 e. The molecule has 1 aromatic rings. The molecule has 1 aromatic carbocycles. The second-order valence-electron chi connectivity index (χ2n) is 10.0. The Labute approximate surface area is 173 Å². The van der Waals surface area contributed by atoms with Gasteiger partial charge in [-0.3, -0.25) is 9.59 Å². The Hall–Kier alpha value is -1.55. The number of rotatable bonds is 2. The van der Waals surface area contributed by atoms with E-state index in [0.29, 0.717) is 12.3 Å². The summed E-state index contributed by atoms with van der Waals surface area (Å²) in [6, 6.07) is 6.44. The zero-order valence-electron chi connectivity index (χ0n) is 17.2. The van der Waals surface area contributed by atoms with Gasteiger partial charge in [0.05, 0.1) is 0 Å². The Morgan fingerprint density at radius 3 is 2.46 bits per heavy atom. The number of nitrogens with one attached hydrogen (secondary N) is 1. The number of hydrogen-bond donors (Lipinski definition) is 1. The van der Waals surface area contributed by atoms with Crippen molar-refractivity contribution in [3.05, 3.63) is 34.3 Å². The van der Waals surface area contributed by atoms with E-state index in [1.165, 1.54) is 11.1 Å². The third kappa shape index (κ3) is 3.68. The minimum atomic E-state index is -0.0671. The van der Waals surface area contributed by atoms with Gasteiger partial charge in [-0.2, -0.15) is 0 Å². The molecule has 152 valence electrons. The second-order valence-corrected chi connectivity index (χ2v) is 10.4. The van der Waals surface area contributed by atoms with Crippen LogP contribution in [0, 0.1) is 5.92 Å². The highest BCUT2D eigenvalue weighted by atomic mass is 35.5. The van der Waals surface area contributed by atoms with Crippen LogP contribution in [0.4, 0.5) is 0 Å². The largest absolute Gasteiger partial charge is 0.351 e. The molecule has 0 atom stereocenters. The molecule has 0 unspecified atom stereocenters. The highest BCUT2D eigenvalue weighted by Crippen LogP contribution is 2.45. The number of nitrogens with zero attached hydrogens (tertiary/aromatic N) is 1. The fraction of sp³-hybridized carbons (Fsp3) is 0.652. The van der Waals surface area contributed by atoms with Gasteiger partial charge in [0.25, 0.3) is 0 Å². The van der Waals surface area contributed by atoms with Crippen LogP contribution in [-0.4, -0.2) is 35.3 Å². The summed E-state index contributed by atoms with van der Waals surface area (Å²) in [5.74, 6) is 1.02. The van der Waals surface area contributed by atoms with Crippen LogP contribution in [0.1, 0.15) is 76.3 Å². The highest BCUT2D eigenvalue weighted by molar-refractivity contribution is 6.31. The van der Waals surface area contributed by atoms with E-state index in [1.54, 1.807) is 0 Å². The van der Waals surface area contributed by atoms with Gasteiger partial charge in [-0.05, 0) is 60.6 Å². The van der Waals surface area contributed by atoms with Gasteiger partial charge in [-0.25, -0.2) is 0 Å². The molecule has 4 rings (SSSR count). The number of carbonyl (C=O) groups excluding carboxylic acids is 2. The summed E-state index contributed by atoms with van der Waals surface area (Å²) in [5.41, 5.74) is 2.50. The first-order valence-corrected chi connectivity index (χ1v) is 10.9. The molecule has 2 aliphatic heterocycles. The number of piperidine rings is 1. The van der Waals surface area contributed by atoms with E-state index in [-0.39, 0.29) is 28.7 Å². The maximum absolute atomic E-state index is 12.9. The van der Waals surface area contributed by atoms with Crippen LogP contribution < -0.4 is 5.32 Å². The van der Waals surface area contributed by atoms with Gasteiger partial charge in [0.2, 0.25) is 11.8 Å². The fourth-order valence-corrected chi connectivity index (χ4v) is 5.60. The molecule has 1 spiro atoms. The van der Waals surface area contributed by atoms with Crippen molar-refractivity contribution in [2.75, 3.05) is 13.1 Å². The Kier molecular flexibility index (Phi) is 4.97. The van der Waals surface area contributed by atoms with Crippen LogP contribution in [0.2, 0.25) is 5.02 Å². The molecule has 2 heterocycles. The SMILES string of the molecule is CC(C)(C)c1cc(C2CCN(C(=O)[C@H]3C[C@]4(CCC(=O)N4)C3)CC2)ccc1Cl. The lowest BCUT2D eigenvalue weighted by Gasteiger charge is -2.46.